The summed E-state index contributed by atoms with van der Waals surface area (Å²) in [6.45, 7) is 5.65. The Hall–Kier alpha value is -0.530. The molecule has 1 atom stereocenters. The van der Waals surface area contributed by atoms with Crippen molar-refractivity contribution in [2.75, 3.05) is 14.1 Å². The van der Waals surface area contributed by atoms with Gasteiger partial charge in [0.05, 0.1) is 0 Å². The molecule has 1 radical (unpaired) electrons. The van der Waals surface area contributed by atoms with Crippen molar-refractivity contribution in [1.29, 1.82) is 0 Å². The van der Waals surface area contributed by atoms with Crippen LogP contribution in [0.25, 0.3) is 0 Å². The first-order chi connectivity index (χ1) is 4.04. The lowest BCUT2D eigenvalue weighted by Crippen LogP contribution is -2.22. The molecule has 0 aliphatic rings. The van der Waals surface area contributed by atoms with E-state index in [-0.39, 0.29) is 11.8 Å². The highest BCUT2D eigenvalue weighted by Crippen LogP contribution is 1.99. The van der Waals surface area contributed by atoms with E-state index in [0.29, 0.717) is 6.42 Å². The van der Waals surface area contributed by atoms with Gasteiger partial charge in [0.1, 0.15) is 0 Å². The van der Waals surface area contributed by atoms with Crippen molar-refractivity contribution in [3.63, 3.8) is 0 Å². The van der Waals surface area contributed by atoms with Gasteiger partial charge in [-0.05, 0) is 12.8 Å². The first-order valence-electron chi connectivity index (χ1n) is 3.07. The highest BCUT2D eigenvalue weighted by molar-refractivity contribution is 5.75. The maximum Gasteiger partial charge on any atom is 0.222 e. The summed E-state index contributed by atoms with van der Waals surface area (Å²) < 4.78 is 0. The summed E-state index contributed by atoms with van der Waals surface area (Å²) in [6, 6.07) is 0. The Kier molecular flexibility index (Phi) is 3.28. The molecule has 53 valence electrons. The Morgan fingerprint density at radius 3 is 2.22 bits per heavy atom. The second kappa shape index (κ2) is 3.49. The fourth-order valence-corrected chi connectivity index (χ4v) is 0.481. The molecule has 0 aliphatic heterocycles. The highest BCUT2D eigenvalue weighted by atomic mass is 16.2. The molecule has 0 rings (SSSR count). The molecule has 0 N–H and O–H groups in total. The molecule has 0 aromatic rings. The van der Waals surface area contributed by atoms with Gasteiger partial charge in [-0.2, -0.15) is 0 Å². The van der Waals surface area contributed by atoms with Gasteiger partial charge in [0.15, 0.2) is 0 Å². The minimum absolute atomic E-state index is 0.150. The zero-order chi connectivity index (χ0) is 7.44. The van der Waals surface area contributed by atoms with E-state index in [1.807, 2.05) is 6.92 Å². The van der Waals surface area contributed by atoms with Crippen molar-refractivity contribution >= 4 is 5.91 Å². The van der Waals surface area contributed by atoms with E-state index >= 15 is 0 Å². The van der Waals surface area contributed by atoms with E-state index in [0.717, 1.165) is 0 Å². The highest BCUT2D eigenvalue weighted by Gasteiger charge is 2.05. The molecule has 0 aromatic carbocycles. The molecule has 2 heteroatoms. The average Bonchev–Trinajstić information content (AvgIpc) is 1.63. The van der Waals surface area contributed by atoms with Crippen molar-refractivity contribution in [3.05, 3.63) is 6.92 Å². The number of carbonyl (C=O) groups excluding carboxylic acids is 1. The number of rotatable bonds is 2. The van der Waals surface area contributed by atoms with Crippen LogP contribution in [0.5, 0.6) is 0 Å². The second-order valence-electron chi connectivity index (χ2n) is 2.60. The molecule has 1 unspecified atom stereocenters. The summed E-state index contributed by atoms with van der Waals surface area (Å²) in [5.74, 6) is 0.373. The smallest absolute Gasteiger partial charge is 0.222 e. The second-order valence-corrected chi connectivity index (χ2v) is 2.60. The van der Waals surface area contributed by atoms with E-state index in [2.05, 4.69) is 6.92 Å². The van der Waals surface area contributed by atoms with E-state index in [4.69, 9.17) is 0 Å². The van der Waals surface area contributed by atoms with Gasteiger partial charge in [-0.3, -0.25) is 4.79 Å². The molecule has 0 aliphatic carbocycles. The number of amides is 1. The largest absolute Gasteiger partial charge is 0.349 e. The van der Waals surface area contributed by atoms with Crippen LogP contribution in [0.15, 0.2) is 0 Å². The molecular weight excluding hydrogens is 114 g/mol. The summed E-state index contributed by atoms with van der Waals surface area (Å²) in [5.41, 5.74) is 0. The quantitative estimate of drug-likeness (QED) is 0.542. The standard InChI is InChI=1S/C7H14NO/c1-6(2)5-7(9)8(3)4/h6H,1,5H2,2-4H3. The fraction of sp³-hybridized carbons (Fsp3) is 0.714. The van der Waals surface area contributed by atoms with Gasteiger partial charge >= 0.3 is 0 Å². The van der Waals surface area contributed by atoms with Gasteiger partial charge in [0.25, 0.3) is 0 Å². The summed E-state index contributed by atoms with van der Waals surface area (Å²) >= 11 is 0. The maximum atomic E-state index is 10.8. The third-order valence-electron chi connectivity index (χ3n) is 1.02. The topological polar surface area (TPSA) is 20.3 Å². The summed E-state index contributed by atoms with van der Waals surface area (Å²) in [7, 11) is 3.51. The third-order valence-corrected chi connectivity index (χ3v) is 1.02. The molecule has 0 bridgehead atoms. The molecule has 9 heavy (non-hydrogen) atoms. The Labute approximate surface area is 56.9 Å². The molecule has 2 nitrogen and oxygen atoms in total. The zero-order valence-electron chi connectivity index (χ0n) is 6.35. The van der Waals surface area contributed by atoms with E-state index in [9.17, 15) is 4.79 Å². The number of hydrogen-bond acceptors (Lipinski definition) is 1. The average molecular weight is 128 g/mol. The van der Waals surface area contributed by atoms with Crippen LogP contribution in [0.3, 0.4) is 0 Å². The van der Waals surface area contributed by atoms with Gasteiger partial charge in [-0.25, -0.2) is 0 Å². The van der Waals surface area contributed by atoms with E-state index < -0.39 is 0 Å². The number of nitrogens with zero attached hydrogens (tertiary/aromatic N) is 1. The molecule has 0 spiro atoms. The van der Waals surface area contributed by atoms with Crippen LogP contribution in [-0.4, -0.2) is 24.9 Å². The minimum Gasteiger partial charge on any atom is -0.349 e. The van der Waals surface area contributed by atoms with Crippen LogP contribution in [0.1, 0.15) is 13.3 Å². The third kappa shape index (κ3) is 4.01. The zero-order valence-corrected chi connectivity index (χ0v) is 6.35. The minimum atomic E-state index is 0.150. The first kappa shape index (κ1) is 8.47. The number of carbonyl (C=O) groups is 1. The van der Waals surface area contributed by atoms with E-state index in [1.54, 1.807) is 19.0 Å². The SMILES string of the molecule is [CH2]C(C)CC(=O)N(C)C. The molecule has 0 saturated heterocycles. The van der Waals surface area contributed by atoms with Crippen molar-refractivity contribution in [1.82, 2.24) is 4.90 Å². The van der Waals surface area contributed by atoms with Crippen LogP contribution in [-0.2, 0) is 4.79 Å². The Balaban J connectivity index is 3.51. The Morgan fingerprint density at radius 2 is 2.11 bits per heavy atom. The van der Waals surface area contributed by atoms with Crippen molar-refractivity contribution in [2.24, 2.45) is 5.92 Å². The molecule has 1 amide bonds. The Bertz CT molecular complexity index is 97.1. The van der Waals surface area contributed by atoms with Crippen molar-refractivity contribution < 1.29 is 4.79 Å². The molecular formula is C7H14NO. The summed E-state index contributed by atoms with van der Waals surface area (Å²) in [6.07, 6.45) is 0.549. The lowest BCUT2D eigenvalue weighted by Gasteiger charge is -2.10. The predicted molar refractivity (Wildman–Crippen MR) is 37.8 cm³/mol. The maximum absolute atomic E-state index is 10.8. The van der Waals surface area contributed by atoms with Crippen LogP contribution in [0.2, 0.25) is 0 Å². The van der Waals surface area contributed by atoms with Gasteiger partial charge < -0.3 is 4.90 Å². The van der Waals surface area contributed by atoms with Crippen LogP contribution < -0.4 is 0 Å². The van der Waals surface area contributed by atoms with Gasteiger partial charge in [0.2, 0.25) is 5.91 Å². The number of hydrogen-bond donors (Lipinski definition) is 0. The van der Waals surface area contributed by atoms with Crippen LogP contribution in [0, 0.1) is 12.8 Å². The molecule has 0 saturated carbocycles. The van der Waals surface area contributed by atoms with Crippen molar-refractivity contribution in [2.45, 2.75) is 13.3 Å². The van der Waals surface area contributed by atoms with Crippen LogP contribution in [0.4, 0.5) is 0 Å². The Morgan fingerprint density at radius 1 is 1.67 bits per heavy atom. The first-order valence-corrected chi connectivity index (χ1v) is 3.07. The van der Waals surface area contributed by atoms with Gasteiger partial charge in [-0.1, -0.05) is 6.92 Å². The summed E-state index contributed by atoms with van der Waals surface area (Å²) in [5, 5.41) is 0. The summed E-state index contributed by atoms with van der Waals surface area (Å²) in [4.78, 5) is 12.4. The predicted octanol–water partition coefficient (Wildman–Crippen LogP) is 0.935. The molecule has 0 heterocycles. The van der Waals surface area contributed by atoms with Gasteiger partial charge in [0, 0.05) is 20.5 Å². The monoisotopic (exact) mass is 128 g/mol. The normalized spacial score (nSPS) is 9.89. The lowest BCUT2D eigenvalue weighted by molar-refractivity contribution is -0.129. The lowest BCUT2D eigenvalue weighted by atomic mass is 10.1. The van der Waals surface area contributed by atoms with Crippen LogP contribution >= 0.6 is 0 Å². The van der Waals surface area contributed by atoms with Gasteiger partial charge in [-0.15, -0.1) is 0 Å². The van der Waals surface area contributed by atoms with Crippen molar-refractivity contribution in [3.8, 4) is 0 Å². The molecule has 0 fully saturated rings. The van der Waals surface area contributed by atoms with E-state index in [1.165, 1.54) is 0 Å². The molecule has 0 aromatic heterocycles. The fourth-order valence-electron chi connectivity index (χ4n) is 0.481.